The Labute approximate surface area is 95.1 Å². The normalized spacial score (nSPS) is 10.9. The smallest absolute Gasteiger partial charge is 0.0955 e. The van der Waals surface area contributed by atoms with E-state index in [1.165, 1.54) is 5.69 Å². The lowest BCUT2D eigenvalue weighted by atomic mass is 10.2. The summed E-state index contributed by atoms with van der Waals surface area (Å²) in [6.07, 6.45) is 1.84. The largest absolute Gasteiger partial charge is 0.374 e. The first-order valence-corrected chi connectivity index (χ1v) is 5.58. The van der Waals surface area contributed by atoms with E-state index in [0.29, 0.717) is 0 Å². The molecule has 0 aliphatic rings. The van der Waals surface area contributed by atoms with Crippen LogP contribution in [0, 0.1) is 0 Å². The molecule has 0 N–H and O–H groups in total. The molecule has 0 aliphatic carbocycles. The average Bonchev–Trinajstić information content (AvgIpc) is 2.60. The summed E-state index contributed by atoms with van der Waals surface area (Å²) in [6.45, 7) is 0.946. The summed E-state index contributed by atoms with van der Waals surface area (Å²) in [7, 11) is 4.08. The number of hydrogen-bond acceptors (Lipinski definition) is 3. The summed E-state index contributed by atoms with van der Waals surface area (Å²) in [5.41, 5.74) is 3.40. The van der Waals surface area contributed by atoms with Gasteiger partial charge in [-0.1, -0.05) is 0 Å². The maximum atomic E-state index is 4.34. The van der Waals surface area contributed by atoms with E-state index in [-0.39, 0.29) is 0 Å². The highest BCUT2D eigenvalue weighted by molar-refractivity contribution is 7.80. The number of benzene rings is 1. The Morgan fingerprint density at radius 3 is 3.00 bits per heavy atom. The minimum atomic E-state index is 0.858. The van der Waals surface area contributed by atoms with Crippen LogP contribution in [0.1, 0.15) is 0 Å². The Balaban J connectivity index is 2.38. The lowest BCUT2D eigenvalue weighted by molar-refractivity contribution is 0.947. The van der Waals surface area contributed by atoms with Gasteiger partial charge in [0.1, 0.15) is 0 Å². The third kappa shape index (κ3) is 1.95. The number of hydrogen-bond donors (Lipinski definition) is 1. The number of anilines is 1. The summed E-state index contributed by atoms with van der Waals surface area (Å²) in [5, 5.41) is 0. The Hall–Kier alpha value is -1.16. The molecular formula is C11H15N3S. The maximum absolute atomic E-state index is 4.34. The lowest BCUT2D eigenvalue weighted by Gasteiger charge is -2.17. The van der Waals surface area contributed by atoms with Crippen LogP contribution in [0.3, 0.4) is 0 Å². The van der Waals surface area contributed by atoms with Crippen molar-refractivity contribution in [2.75, 3.05) is 24.2 Å². The molecule has 80 valence electrons. The summed E-state index contributed by atoms with van der Waals surface area (Å²) in [5.74, 6) is 0.858. The lowest BCUT2D eigenvalue weighted by Crippen LogP contribution is -2.19. The third-order valence-corrected chi connectivity index (χ3v) is 2.79. The first-order chi connectivity index (χ1) is 7.22. The molecule has 0 spiro atoms. The number of thiol groups is 1. The van der Waals surface area contributed by atoms with Crippen molar-refractivity contribution in [2.24, 2.45) is 7.05 Å². The van der Waals surface area contributed by atoms with E-state index in [4.69, 9.17) is 0 Å². The molecule has 2 aromatic rings. The van der Waals surface area contributed by atoms with Crippen molar-refractivity contribution in [3.05, 3.63) is 24.5 Å². The van der Waals surface area contributed by atoms with E-state index in [1.807, 2.05) is 17.9 Å². The standard InChI is InChI=1S/C11H15N3S/c1-13(5-6-15)9-3-4-11-10(7-9)12-8-14(11)2/h3-4,7-8,15H,5-6H2,1-2H3. The van der Waals surface area contributed by atoms with Crippen LogP contribution in [0.5, 0.6) is 0 Å². The van der Waals surface area contributed by atoms with E-state index in [0.717, 1.165) is 23.3 Å². The van der Waals surface area contributed by atoms with Gasteiger partial charge in [0.15, 0.2) is 0 Å². The van der Waals surface area contributed by atoms with Crippen LogP contribution in [-0.2, 0) is 7.05 Å². The third-order valence-electron chi connectivity index (χ3n) is 2.59. The van der Waals surface area contributed by atoms with Crippen LogP contribution < -0.4 is 4.90 Å². The minimum Gasteiger partial charge on any atom is -0.374 e. The molecule has 1 aromatic carbocycles. The van der Waals surface area contributed by atoms with Crippen molar-refractivity contribution in [3.63, 3.8) is 0 Å². The molecule has 0 radical (unpaired) electrons. The molecule has 2 rings (SSSR count). The van der Waals surface area contributed by atoms with Gasteiger partial charge in [-0.2, -0.15) is 12.6 Å². The molecule has 3 nitrogen and oxygen atoms in total. The van der Waals surface area contributed by atoms with Crippen molar-refractivity contribution in [2.45, 2.75) is 0 Å². The first-order valence-electron chi connectivity index (χ1n) is 4.95. The van der Waals surface area contributed by atoms with E-state index in [9.17, 15) is 0 Å². The van der Waals surface area contributed by atoms with Crippen molar-refractivity contribution in [1.29, 1.82) is 0 Å². The zero-order valence-corrected chi connectivity index (χ0v) is 9.91. The molecule has 0 saturated heterocycles. The molecule has 15 heavy (non-hydrogen) atoms. The predicted molar refractivity (Wildman–Crippen MR) is 67.8 cm³/mol. The molecule has 4 heteroatoms. The Kier molecular flexibility index (Phi) is 2.86. The average molecular weight is 221 g/mol. The van der Waals surface area contributed by atoms with Gasteiger partial charge in [-0.05, 0) is 18.2 Å². The van der Waals surface area contributed by atoms with Crippen molar-refractivity contribution < 1.29 is 0 Å². The van der Waals surface area contributed by atoms with Crippen LogP contribution in [0.15, 0.2) is 24.5 Å². The number of fused-ring (bicyclic) bond motifs is 1. The van der Waals surface area contributed by atoms with E-state index >= 15 is 0 Å². The highest BCUT2D eigenvalue weighted by atomic mass is 32.1. The summed E-state index contributed by atoms with van der Waals surface area (Å²) in [6, 6.07) is 6.33. The van der Waals surface area contributed by atoms with E-state index < -0.39 is 0 Å². The van der Waals surface area contributed by atoms with Crippen LogP contribution >= 0.6 is 12.6 Å². The Morgan fingerprint density at radius 2 is 2.27 bits per heavy atom. The highest BCUT2D eigenvalue weighted by Gasteiger charge is 2.03. The van der Waals surface area contributed by atoms with Gasteiger partial charge in [-0.3, -0.25) is 0 Å². The van der Waals surface area contributed by atoms with Crippen LogP contribution in [0.2, 0.25) is 0 Å². The number of aryl methyl sites for hydroxylation is 1. The first kappa shape index (κ1) is 10.4. The fourth-order valence-corrected chi connectivity index (χ4v) is 1.94. The van der Waals surface area contributed by atoms with Gasteiger partial charge >= 0.3 is 0 Å². The van der Waals surface area contributed by atoms with E-state index in [1.54, 1.807) is 0 Å². The quantitative estimate of drug-likeness (QED) is 0.800. The highest BCUT2D eigenvalue weighted by Crippen LogP contribution is 2.19. The monoisotopic (exact) mass is 221 g/mol. The molecule has 0 saturated carbocycles. The zero-order valence-electron chi connectivity index (χ0n) is 9.01. The molecule has 1 heterocycles. The number of rotatable bonds is 3. The van der Waals surface area contributed by atoms with Gasteiger partial charge in [0, 0.05) is 32.1 Å². The van der Waals surface area contributed by atoms with Gasteiger partial charge < -0.3 is 9.47 Å². The van der Waals surface area contributed by atoms with Gasteiger partial charge in [0.05, 0.1) is 17.4 Å². The fraction of sp³-hybridized carbons (Fsp3) is 0.364. The van der Waals surface area contributed by atoms with Crippen molar-refractivity contribution in [1.82, 2.24) is 9.55 Å². The Morgan fingerprint density at radius 1 is 1.47 bits per heavy atom. The molecule has 0 aliphatic heterocycles. The van der Waals surface area contributed by atoms with Crippen molar-refractivity contribution >= 4 is 29.3 Å². The number of nitrogens with zero attached hydrogens (tertiary/aromatic N) is 3. The minimum absolute atomic E-state index is 0.858. The summed E-state index contributed by atoms with van der Waals surface area (Å²) < 4.78 is 2.03. The second kappa shape index (κ2) is 4.14. The molecule has 0 fully saturated rings. The van der Waals surface area contributed by atoms with Gasteiger partial charge in [0.25, 0.3) is 0 Å². The second-order valence-electron chi connectivity index (χ2n) is 3.67. The van der Waals surface area contributed by atoms with Gasteiger partial charge in [-0.25, -0.2) is 4.98 Å². The second-order valence-corrected chi connectivity index (χ2v) is 4.12. The molecule has 1 aromatic heterocycles. The molecule has 0 unspecified atom stereocenters. The summed E-state index contributed by atoms with van der Waals surface area (Å²) in [4.78, 5) is 6.52. The molecule has 0 amide bonds. The van der Waals surface area contributed by atoms with Gasteiger partial charge in [0.2, 0.25) is 0 Å². The zero-order chi connectivity index (χ0) is 10.8. The SMILES string of the molecule is CN(CCS)c1ccc2c(c1)ncn2C. The van der Waals surface area contributed by atoms with Gasteiger partial charge in [-0.15, -0.1) is 0 Å². The van der Waals surface area contributed by atoms with Crippen molar-refractivity contribution in [3.8, 4) is 0 Å². The topological polar surface area (TPSA) is 21.1 Å². The molecule has 0 atom stereocenters. The maximum Gasteiger partial charge on any atom is 0.0955 e. The summed E-state index contributed by atoms with van der Waals surface area (Å²) >= 11 is 4.23. The molecule has 0 bridgehead atoms. The number of aromatic nitrogens is 2. The van der Waals surface area contributed by atoms with Crippen LogP contribution in [-0.4, -0.2) is 28.9 Å². The predicted octanol–water partition coefficient (Wildman–Crippen LogP) is 1.94. The number of imidazole rings is 1. The Bertz CT molecular complexity index is 464. The fourth-order valence-electron chi connectivity index (χ4n) is 1.64. The van der Waals surface area contributed by atoms with Crippen LogP contribution in [0.4, 0.5) is 5.69 Å². The van der Waals surface area contributed by atoms with Crippen LogP contribution in [0.25, 0.3) is 11.0 Å². The van der Waals surface area contributed by atoms with E-state index in [2.05, 4.69) is 47.8 Å². The molecular weight excluding hydrogens is 206 g/mol.